The molecule has 9 heteroatoms. The average molecular weight is 574 g/mol. The van der Waals surface area contributed by atoms with Crippen LogP contribution in [-0.2, 0) is 27.3 Å². The molecule has 2 unspecified atom stereocenters. The minimum Gasteiger partial charge on any atom is -0.508 e. The van der Waals surface area contributed by atoms with Crippen molar-refractivity contribution in [1.82, 2.24) is 15.5 Å². The Morgan fingerprint density at radius 3 is 2.21 bits per heavy atom. The van der Waals surface area contributed by atoms with Gasteiger partial charge in [-0.1, -0.05) is 48.5 Å². The number of nitrogens with zero attached hydrogens (tertiary/aromatic N) is 1. The van der Waals surface area contributed by atoms with Crippen LogP contribution in [-0.4, -0.2) is 50.7 Å². The minimum absolute atomic E-state index is 0.0826. The van der Waals surface area contributed by atoms with E-state index < -0.39 is 29.7 Å². The van der Waals surface area contributed by atoms with E-state index in [2.05, 4.69) is 10.6 Å². The summed E-state index contributed by atoms with van der Waals surface area (Å²) in [4.78, 5) is 42.8. The lowest BCUT2D eigenvalue weighted by Crippen LogP contribution is -2.54. The van der Waals surface area contributed by atoms with E-state index in [-0.39, 0.29) is 36.4 Å². The van der Waals surface area contributed by atoms with Crippen LogP contribution in [0.25, 0.3) is 0 Å². The van der Waals surface area contributed by atoms with Crippen LogP contribution in [0.2, 0.25) is 0 Å². The van der Waals surface area contributed by atoms with Gasteiger partial charge in [0.25, 0.3) is 0 Å². The van der Waals surface area contributed by atoms with E-state index in [0.29, 0.717) is 29.5 Å². The Morgan fingerprint density at radius 2 is 1.62 bits per heavy atom. The summed E-state index contributed by atoms with van der Waals surface area (Å²) >= 11 is 0. The van der Waals surface area contributed by atoms with Gasteiger partial charge in [-0.15, -0.1) is 0 Å². The maximum Gasteiger partial charge on any atom is 0.408 e. The van der Waals surface area contributed by atoms with Gasteiger partial charge in [0.05, 0.1) is 0 Å². The van der Waals surface area contributed by atoms with Crippen molar-refractivity contribution in [2.75, 3.05) is 0 Å². The highest BCUT2D eigenvalue weighted by Gasteiger charge is 2.44. The SMILES string of the molecule is Cc1cc(C(C(=O)NCc2ccccc2)N(C(=O)C(Cc2ccc(O)cc2)NC(=O)OC(C)(C)C)C2CC2)ccc1O. The number of hydrogen-bond acceptors (Lipinski definition) is 6. The fourth-order valence-electron chi connectivity index (χ4n) is 4.74. The molecule has 0 heterocycles. The Balaban J connectivity index is 1.70. The minimum atomic E-state index is -1.05. The summed E-state index contributed by atoms with van der Waals surface area (Å²) in [7, 11) is 0. The molecule has 3 amide bonds. The molecule has 1 aliphatic rings. The standard InChI is InChI=1S/C33H39N3O6/c1-21-18-24(12-17-28(21)38)29(30(39)34-20-23-8-6-5-7-9-23)36(25-13-14-25)31(40)27(35-32(41)42-33(2,3)4)19-22-10-15-26(37)16-11-22/h5-12,15-18,25,27,29,37-38H,13-14,19-20H2,1-4H3,(H,34,39)(H,35,41). The van der Waals surface area contributed by atoms with E-state index in [9.17, 15) is 24.6 Å². The molecule has 0 radical (unpaired) electrons. The van der Waals surface area contributed by atoms with Gasteiger partial charge in [0, 0.05) is 19.0 Å². The number of hydrogen-bond donors (Lipinski definition) is 4. The zero-order valence-electron chi connectivity index (χ0n) is 24.5. The Bertz CT molecular complexity index is 1400. The largest absolute Gasteiger partial charge is 0.508 e. The number of amides is 3. The van der Waals surface area contributed by atoms with Crippen LogP contribution in [0.3, 0.4) is 0 Å². The Hall–Kier alpha value is -4.53. The van der Waals surface area contributed by atoms with Crippen LogP contribution in [0.5, 0.6) is 11.5 Å². The fourth-order valence-corrected chi connectivity index (χ4v) is 4.74. The van der Waals surface area contributed by atoms with Gasteiger partial charge < -0.3 is 30.5 Å². The number of benzene rings is 3. The normalized spacial score (nSPS) is 14.4. The van der Waals surface area contributed by atoms with Gasteiger partial charge in [-0.05, 0) is 87.1 Å². The number of phenolic OH excluding ortho intramolecular Hbond substituents is 2. The Morgan fingerprint density at radius 1 is 0.952 bits per heavy atom. The average Bonchev–Trinajstić information content (AvgIpc) is 3.77. The smallest absolute Gasteiger partial charge is 0.408 e. The van der Waals surface area contributed by atoms with E-state index in [1.54, 1.807) is 56.9 Å². The van der Waals surface area contributed by atoms with Gasteiger partial charge in [-0.25, -0.2) is 4.79 Å². The maximum atomic E-state index is 14.4. The fraction of sp³-hybridized carbons (Fsp3) is 0.364. The van der Waals surface area contributed by atoms with Crippen LogP contribution in [0.4, 0.5) is 4.79 Å². The lowest BCUT2D eigenvalue weighted by Gasteiger charge is -2.35. The first-order chi connectivity index (χ1) is 19.9. The van der Waals surface area contributed by atoms with Gasteiger partial charge in [-0.3, -0.25) is 9.59 Å². The molecule has 0 aliphatic heterocycles. The van der Waals surface area contributed by atoms with Crippen molar-refractivity contribution in [1.29, 1.82) is 0 Å². The summed E-state index contributed by atoms with van der Waals surface area (Å²) in [6, 6.07) is 18.5. The number of aryl methyl sites for hydroxylation is 1. The maximum absolute atomic E-state index is 14.4. The summed E-state index contributed by atoms with van der Waals surface area (Å²) in [5.41, 5.74) is 1.97. The Kier molecular flexibility index (Phi) is 9.40. The van der Waals surface area contributed by atoms with Crippen molar-refractivity contribution < 1.29 is 29.3 Å². The summed E-state index contributed by atoms with van der Waals surface area (Å²) in [6.07, 6.45) is 0.794. The number of carbonyl (C=O) groups is 3. The third kappa shape index (κ3) is 8.25. The molecule has 0 saturated heterocycles. The number of phenols is 2. The molecule has 0 aromatic heterocycles. The molecule has 1 saturated carbocycles. The van der Waals surface area contributed by atoms with Crippen LogP contribution in [0.15, 0.2) is 72.8 Å². The van der Waals surface area contributed by atoms with Crippen LogP contribution in [0, 0.1) is 6.92 Å². The summed E-state index contributed by atoms with van der Waals surface area (Å²) in [5, 5.41) is 25.7. The summed E-state index contributed by atoms with van der Waals surface area (Å²) in [6.45, 7) is 7.21. The molecule has 2 atom stereocenters. The molecule has 1 aliphatic carbocycles. The van der Waals surface area contributed by atoms with Gasteiger partial charge in [0.15, 0.2) is 0 Å². The summed E-state index contributed by atoms with van der Waals surface area (Å²) in [5.74, 6) is -0.630. The van der Waals surface area contributed by atoms with E-state index in [1.165, 1.54) is 18.2 Å². The third-order valence-electron chi connectivity index (χ3n) is 6.93. The Labute approximate surface area is 246 Å². The molecule has 0 bridgehead atoms. The topological polar surface area (TPSA) is 128 Å². The molecule has 4 N–H and O–H groups in total. The number of alkyl carbamates (subject to hydrolysis) is 1. The van der Waals surface area contributed by atoms with Crippen LogP contribution in [0.1, 0.15) is 61.9 Å². The van der Waals surface area contributed by atoms with Gasteiger partial charge >= 0.3 is 6.09 Å². The predicted molar refractivity (Wildman–Crippen MR) is 159 cm³/mol. The zero-order valence-corrected chi connectivity index (χ0v) is 24.5. The molecule has 42 heavy (non-hydrogen) atoms. The molecule has 222 valence electrons. The van der Waals surface area contributed by atoms with E-state index in [4.69, 9.17) is 4.74 Å². The first kappa shape index (κ1) is 30.4. The zero-order chi connectivity index (χ0) is 30.4. The van der Waals surface area contributed by atoms with Crippen molar-refractivity contribution in [2.24, 2.45) is 0 Å². The second-order valence-electron chi connectivity index (χ2n) is 11.7. The lowest BCUT2D eigenvalue weighted by atomic mass is 9.98. The van der Waals surface area contributed by atoms with Crippen molar-refractivity contribution in [3.05, 3.63) is 95.1 Å². The molecule has 4 rings (SSSR count). The van der Waals surface area contributed by atoms with Gasteiger partial charge in [0.1, 0.15) is 29.2 Å². The first-order valence-electron chi connectivity index (χ1n) is 14.1. The second-order valence-corrected chi connectivity index (χ2v) is 11.7. The molecular weight excluding hydrogens is 534 g/mol. The molecule has 3 aromatic carbocycles. The van der Waals surface area contributed by atoms with E-state index >= 15 is 0 Å². The molecule has 9 nitrogen and oxygen atoms in total. The molecule has 0 spiro atoms. The predicted octanol–water partition coefficient (Wildman–Crippen LogP) is 4.89. The molecule has 3 aromatic rings. The van der Waals surface area contributed by atoms with Crippen molar-refractivity contribution in [3.63, 3.8) is 0 Å². The monoisotopic (exact) mass is 573 g/mol. The highest BCUT2D eigenvalue weighted by molar-refractivity contribution is 5.92. The number of aromatic hydroxyl groups is 2. The van der Waals surface area contributed by atoms with Gasteiger partial charge in [-0.2, -0.15) is 0 Å². The van der Waals surface area contributed by atoms with Crippen molar-refractivity contribution >= 4 is 17.9 Å². The number of carbonyl (C=O) groups excluding carboxylic acids is 3. The van der Waals surface area contributed by atoms with Crippen molar-refractivity contribution in [3.8, 4) is 11.5 Å². The highest BCUT2D eigenvalue weighted by Crippen LogP contribution is 2.37. The molecule has 1 fully saturated rings. The number of ether oxygens (including phenoxy) is 1. The highest BCUT2D eigenvalue weighted by atomic mass is 16.6. The number of nitrogens with one attached hydrogen (secondary N) is 2. The second kappa shape index (κ2) is 13.0. The number of rotatable bonds is 10. The summed E-state index contributed by atoms with van der Waals surface area (Å²) < 4.78 is 5.47. The van der Waals surface area contributed by atoms with Crippen LogP contribution < -0.4 is 10.6 Å². The van der Waals surface area contributed by atoms with Crippen LogP contribution >= 0.6 is 0 Å². The quantitative estimate of drug-likeness (QED) is 0.273. The van der Waals surface area contributed by atoms with Gasteiger partial charge in [0.2, 0.25) is 11.8 Å². The lowest BCUT2D eigenvalue weighted by molar-refractivity contribution is -0.143. The first-order valence-corrected chi connectivity index (χ1v) is 14.1. The molecular formula is C33H39N3O6. The van der Waals surface area contributed by atoms with E-state index in [1.807, 2.05) is 30.3 Å². The third-order valence-corrected chi connectivity index (χ3v) is 6.93. The van der Waals surface area contributed by atoms with E-state index in [0.717, 1.165) is 5.56 Å². The van der Waals surface area contributed by atoms with Crippen molar-refractivity contribution in [2.45, 2.75) is 77.2 Å².